The summed E-state index contributed by atoms with van der Waals surface area (Å²) in [6.07, 6.45) is 2.00. The van der Waals surface area contributed by atoms with Crippen molar-refractivity contribution in [3.8, 4) is 5.75 Å². The zero-order chi connectivity index (χ0) is 15.5. The van der Waals surface area contributed by atoms with Crippen LogP contribution in [-0.2, 0) is 4.79 Å². The minimum Gasteiger partial charge on any atom is -0.497 e. The largest absolute Gasteiger partial charge is 0.497 e. The van der Waals surface area contributed by atoms with E-state index in [1.54, 1.807) is 14.0 Å². The summed E-state index contributed by atoms with van der Waals surface area (Å²) >= 11 is 0. The van der Waals surface area contributed by atoms with E-state index in [1.807, 2.05) is 18.2 Å². The molecule has 0 spiro atoms. The van der Waals surface area contributed by atoms with Crippen LogP contribution in [0, 0.1) is 0 Å². The average Bonchev–Trinajstić information content (AvgIpc) is 2.55. The molecule has 0 saturated heterocycles. The number of carbonyl (C=O) groups is 1. The lowest BCUT2D eigenvalue weighted by Gasteiger charge is -2.32. The number of methoxy groups -OCH3 is 1. The van der Waals surface area contributed by atoms with Crippen LogP contribution in [0.15, 0.2) is 48.5 Å². The van der Waals surface area contributed by atoms with Gasteiger partial charge in [0.15, 0.2) is 0 Å². The molecule has 0 unspecified atom stereocenters. The summed E-state index contributed by atoms with van der Waals surface area (Å²) in [4.78, 5) is 11.4. The highest BCUT2D eigenvalue weighted by molar-refractivity contribution is 5.73. The van der Waals surface area contributed by atoms with Crippen LogP contribution >= 0.6 is 0 Å². The molecule has 1 amide bonds. The Balaban J connectivity index is 1.94. The normalized spacial score (nSPS) is 20.1. The van der Waals surface area contributed by atoms with E-state index in [2.05, 4.69) is 35.6 Å². The summed E-state index contributed by atoms with van der Waals surface area (Å²) in [6.45, 7) is 1.58. The van der Waals surface area contributed by atoms with Gasteiger partial charge in [-0.05, 0) is 41.7 Å². The number of rotatable bonds is 3. The predicted molar refractivity (Wildman–Crippen MR) is 87.1 cm³/mol. The van der Waals surface area contributed by atoms with Gasteiger partial charge in [0.2, 0.25) is 5.91 Å². The first-order valence-electron chi connectivity index (χ1n) is 7.69. The van der Waals surface area contributed by atoms with Gasteiger partial charge in [0.05, 0.1) is 13.2 Å². The topological polar surface area (TPSA) is 38.3 Å². The summed E-state index contributed by atoms with van der Waals surface area (Å²) in [5, 5.41) is 3.07. The highest BCUT2D eigenvalue weighted by Gasteiger charge is 2.28. The summed E-state index contributed by atoms with van der Waals surface area (Å²) < 4.78 is 5.24. The maximum Gasteiger partial charge on any atom is 0.217 e. The van der Waals surface area contributed by atoms with E-state index in [4.69, 9.17) is 4.74 Å². The fraction of sp³-hybridized carbons (Fsp3) is 0.316. The first-order chi connectivity index (χ1) is 10.7. The second kappa shape index (κ2) is 6.22. The standard InChI is InChI=1S/C19H21NO2/c1-13(21)20-19-12-11-16(17-5-3-4-6-18(17)19)14-7-9-15(22-2)10-8-14/h3-10,16,19H,11-12H2,1-2H3,(H,20,21)/t16-,19-/m1/s1. The Morgan fingerprint density at radius 1 is 1.05 bits per heavy atom. The van der Waals surface area contributed by atoms with Crippen LogP contribution in [0.2, 0.25) is 0 Å². The minimum atomic E-state index is 0.0303. The maximum atomic E-state index is 11.4. The van der Waals surface area contributed by atoms with Gasteiger partial charge in [-0.1, -0.05) is 36.4 Å². The van der Waals surface area contributed by atoms with Gasteiger partial charge in [0.1, 0.15) is 5.75 Å². The summed E-state index contributed by atoms with van der Waals surface area (Å²) in [5.41, 5.74) is 3.86. The minimum absolute atomic E-state index is 0.0303. The van der Waals surface area contributed by atoms with Crippen LogP contribution in [0.1, 0.15) is 48.4 Å². The molecule has 0 saturated carbocycles. The molecule has 3 heteroatoms. The molecule has 2 atom stereocenters. The molecule has 0 aliphatic heterocycles. The Labute approximate surface area is 131 Å². The average molecular weight is 295 g/mol. The highest BCUT2D eigenvalue weighted by Crippen LogP contribution is 2.41. The van der Waals surface area contributed by atoms with E-state index in [1.165, 1.54) is 16.7 Å². The van der Waals surface area contributed by atoms with Gasteiger partial charge in [-0.2, -0.15) is 0 Å². The van der Waals surface area contributed by atoms with E-state index in [9.17, 15) is 4.79 Å². The van der Waals surface area contributed by atoms with Crippen molar-refractivity contribution in [3.05, 3.63) is 65.2 Å². The molecule has 2 aromatic carbocycles. The molecule has 0 heterocycles. The van der Waals surface area contributed by atoms with Crippen molar-refractivity contribution in [1.29, 1.82) is 0 Å². The molecule has 0 bridgehead atoms. The lowest BCUT2D eigenvalue weighted by Crippen LogP contribution is -2.30. The van der Waals surface area contributed by atoms with Crippen LogP contribution in [0.25, 0.3) is 0 Å². The molecule has 1 aliphatic rings. The van der Waals surface area contributed by atoms with Crippen molar-refractivity contribution in [1.82, 2.24) is 5.32 Å². The second-order valence-electron chi connectivity index (χ2n) is 5.79. The number of amides is 1. The number of nitrogens with one attached hydrogen (secondary N) is 1. The highest BCUT2D eigenvalue weighted by atomic mass is 16.5. The zero-order valence-electron chi connectivity index (χ0n) is 13.0. The number of fused-ring (bicyclic) bond motifs is 1. The van der Waals surface area contributed by atoms with E-state index >= 15 is 0 Å². The number of hydrogen-bond acceptors (Lipinski definition) is 2. The maximum absolute atomic E-state index is 11.4. The van der Waals surface area contributed by atoms with Gasteiger partial charge in [-0.25, -0.2) is 0 Å². The predicted octanol–water partition coefficient (Wildman–Crippen LogP) is 3.80. The smallest absolute Gasteiger partial charge is 0.217 e. The first kappa shape index (κ1) is 14.6. The van der Waals surface area contributed by atoms with Gasteiger partial charge >= 0.3 is 0 Å². The number of benzene rings is 2. The van der Waals surface area contributed by atoms with Crippen LogP contribution in [-0.4, -0.2) is 13.0 Å². The monoisotopic (exact) mass is 295 g/mol. The molecule has 1 N–H and O–H groups in total. The van der Waals surface area contributed by atoms with Crippen molar-refractivity contribution in [2.75, 3.05) is 7.11 Å². The molecule has 1 aliphatic carbocycles. The summed E-state index contributed by atoms with van der Waals surface area (Å²) in [6, 6.07) is 16.9. The molecule has 2 aromatic rings. The van der Waals surface area contributed by atoms with Crippen molar-refractivity contribution in [3.63, 3.8) is 0 Å². The Morgan fingerprint density at radius 3 is 2.36 bits per heavy atom. The fourth-order valence-corrected chi connectivity index (χ4v) is 3.37. The second-order valence-corrected chi connectivity index (χ2v) is 5.79. The third-order valence-corrected chi connectivity index (χ3v) is 4.39. The molecule has 0 aromatic heterocycles. The quantitative estimate of drug-likeness (QED) is 0.935. The third kappa shape index (κ3) is 2.84. The van der Waals surface area contributed by atoms with Crippen molar-refractivity contribution in [2.45, 2.75) is 31.7 Å². The summed E-state index contributed by atoms with van der Waals surface area (Å²) in [5.74, 6) is 1.29. The van der Waals surface area contributed by atoms with E-state index < -0.39 is 0 Å². The first-order valence-corrected chi connectivity index (χ1v) is 7.69. The molecule has 3 nitrogen and oxygen atoms in total. The SMILES string of the molecule is COc1ccc([C@H]2CC[C@@H](NC(C)=O)c3ccccc32)cc1. The van der Waals surface area contributed by atoms with E-state index in [0.717, 1.165) is 18.6 Å². The Kier molecular flexibility index (Phi) is 4.14. The molecule has 114 valence electrons. The van der Waals surface area contributed by atoms with Crippen molar-refractivity contribution in [2.24, 2.45) is 0 Å². The molecular formula is C19H21NO2. The third-order valence-electron chi connectivity index (χ3n) is 4.39. The van der Waals surface area contributed by atoms with Gasteiger partial charge in [0, 0.05) is 12.8 Å². The van der Waals surface area contributed by atoms with Crippen molar-refractivity contribution >= 4 is 5.91 Å². The van der Waals surface area contributed by atoms with Crippen LogP contribution in [0.3, 0.4) is 0 Å². The molecular weight excluding hydrogens is 274 g/mol. The number of carbonyl (C=O) groups excluding carboxylic acids is 1. The molecule has 3 rings (SSSR count). The Morgan fingerprint density at radius 2 is 1.73 bits per heavy atom. The number of ether oxygens (including phenoxy) is 1. The summed E-state index contributed by atoms with van der Waals surface area (Å²) in [7, 11) is 1.68. The Hall–Kier alpha value is -2.29. The van der Waals surface area contributed by atoms with Crippen LogP contribution in [0.4, 0.5) is 0 Å². The van der Waals surface area contributed by atoms with E-state index in [-0.39, 0.29) is 11.9 Å². The van der Waals surface area contributed by atoms with Gasteiger partial charge in [-0.3, -0.25) is 4.79 Å². The van der Waals surface area contributed by atoms with Crippen LogP contribution < -0.4 is 10.1 Å². The van der Waals surface area contributed by atoms with Gasteiger partial charge in [-0.15, -0.1) is 0 Å². The Bertz CT molecular complexity index is 663. The van der Waals surface area contributed by atoms with Crippen molar-refractivity contribution < 1.29 is 9.53 Å². The molecule has 0 radical (unpaired) electrons. The number of hydrogen-bond donors (Lipinski definition) is 1. The molecule has 22 heavy (non-hydrogen) atoms. The van der Waals surface area contributed by atoms with E-state index in [0.29, 0.717) is 5.92 Å². The zero-order valence-corrected chi connectivity index (χ0v) is 13.0. The van der Waals surface area contributed by atoms with Gasteiger partial charge in [0.25, 0.3) is 0 Å². The molecule has 0 fully saturated rings. The fourth-order valence-electron chi connectivity index (χ4n) is 3.37. The van der Waals surface area contributed by atoms with Crippen LogP contribution in [0.5, 0.6) is 5.75 Å². The lowest BCUT2D eigenvalue weighted by atomic mass is 9.77. The lowest BCUT2D eigenvalue weighted by molar-refractivity contribution is -0.119. The van der Waals surface area contributed by atoms with Gasteiger partial charge < -0.3 is 10.1 Å².